The average Bonchev–Trinajstić information content (AvgIpc) is 3.05. The van der Waals surface area contributed by atoms with Crippen LogP contribution >= 0.6 is 0 Å². The molecule has 1 N–H and O–H groups in total. The van der Waals surface area contributed by atoms with Gasteiger partial charge in [0.05, 0.1) is 5.56 Å². The van der Waals surface area contributed by atoms with E-state index in [9.17, 15) is 22.8 Å². The van der Waals surface area contributed by atoms with Crippen LogP contribution in [-0.2, 0) is 15.7 Å². The van der Waals surface area contributed by atoms with Gasteiger partial charge in [-0.25, -0.2) is 4.79 Å². The van der Waals surface area contributed by atoms with Crippen LogP contribution in [0.15, 0.2) is 24.3 Å². The van der Waals surface area contributed by atoms with Gasteiger partial charge in [0.15, 0.2) is 0 Å². The zero-order chi connectivity index (χ0) is 21.5. The number of alkyl halides is 3. The van der Waals surface area contributed by atoms with Crippen molar-refractivity contribution in [3.8, 4) is 0 Å². The molecular weight excluding hydrogens is 397 g/mol. The number of hydrogen-bond acceptors (Lipinski definition) is 3. The molecule has 4 atom stereocenters. The number of nitrogens with one attached hydrogen (secondary N) is 1. The second kappa shape index (κ2) is 7.78. The van der Waals surface area contributed by atoms with Crippen molar-refractivity contribution in [2.24, 2.45) is 11.8 Å². The van der Waals surface area contributed by atoms with Crippen molar-refractivity contribution in [1.82, 2.24) is 4.90 Å². The van der Waals surface area contributed by atoms with Gasteiger partial charge in [-0.2, -0.15) is 13.2 Å². The first-order valence-electron chi connectivity index (χ1n) is 10.7. The summed E-state index contributed by atoms with van der Waals surface area (Å²) in [6, 6.07) is 4.51. The lowest BCUT2D eigenvalue weighted by molar-refractivity contribution is -0.140. The van der Waals surface area contributed by atoms with E-state index in [1.54, 1.807) is 0 Å². The lowest BCUT2D eigenvalue weighted by atomic mass is 9.64. The first kappa shape index (κ1) is 21.0. The SMILES string of the molecule is C[C@H]1[C@@H](OC(=O)Nc2cccc(C(F)(F)F)c2)CC[C@@]23CCCN2C(=O)CCC[C@@H]13. The normalized spacial score (nSPS) is 31.5. The Kier molecular flexibility index (Phi) is 5.45. The zero-order valence-electron chi connectivity index (χ0n) is 17.0. The Morgan fingerprint density at radius 1 is 1.23 bits per heavy atom. The van der Waals surface area contributed by atoms with Crippen LogP contribution in [0.1, 0.15) is 57.4 Å². The topological polar surface area (TPSA) is 58.6 Å². The van der Waals surface area contributed by atoms with Crippen LogP contribution in [0, 0.1) is 11.8 Å². The lowest BCUT2D eigenvalue weighted by Gasteiger charge is -2.51. The molecule has 164 valence electrons. The second-order valence-corrected chi connectivity index (χ2v) is 8.80. The summed E-state index contributed by atoms with van der Waals surface area (Å²) >= 11 is 0. The summed E-state index contributed by atoms with van der Waals surface area (Å²) in [7, 11) is 0. The molecule has 0 aromatic heterocycles. The van der Waals surface area contributed by atoms with E-state index in [0.29, 0.717) is 12.8 Å². The molecule has 2 amide bonds. The van der Waals surface area contributed by atoms with E-state index in [2.05, 4.69) is 17.1 Å². The van der Waals surface area contributed by atoms with Crippen LogP contribution in [0.4, 0.5) is 23.7 Å². The summed E-state index contributed by atoms with van der Waals surface area (Å²) in [5.74, 6) is 0.591. The molecule has 30 heavy (non-hydrogen) atoms. The lowest BCUT2D eigenvalue weighted by Crippen LogP contribution is -2.57. The number of amides is 2. The maximum absolute atomic E-state index is 12.9. The molecule has 5 nitrogen and oxygen atoms in total. The molecular formula is C22H27F3N2O3. The molecule has 0 unspecified atom stereocenters. The van der Waals surface area contributed by atoms with Gasteiger partial charge < -0.3 is 9.64 Å². The molecule has 1 aromatic carbocycles. The van der Waals surface area contributed by atoms with Crippen LogP contribution in [0.2, 0.25) is 0 Å². The van der Waals surface area contributed by atoms with Crippen molar-refractivity contribution in [1.29, 1.82) is 0 Å². The fourth-order valence-electron chi connectivity index (χ4n) is 5.87. The van der Waals surface area contributed by atoms with E-state index in [1.165, 1.54) is 12.1 Å². The molecule has 8 heteroatoms. The highest BCUT2D eigenvalue weighted by molar-refractivity contribution is 5.84. The third-order valence-corrected chi connectivity index (χ3v) is 7.20. The number of carbonyl (C=O) groups is 2. The van der Waals surface area contributed by atoms with Gasteiger partial charge in [-0.05, 0) is 68.6 Å². The van der Waals surface area contributed by atoms with Gasteiger partial charge in [-0.3, -0.25) is 10.1 Å². The van der Waals surface area contributed by atoms with Gasteiger partial charge in [0.1, 0.15) is 6.10 Å². The largest absolute Gasteiger partial charge is 0.446 e. The van der Waals surface area contributed by atoms with Gasteiger partial charge in [-0.1, -0.05) is 13.0 Å². The zero-order valence-corrected chi connectivity index (χ0v) is 17.0. The smallest absolute Gasteiger partial charge is 0.416 e. The first-order chi connectivity index (χ1) is 14.2. The highest BCUT2D eigenvalue weighted by Crippen LogP contribution is 2.52. The number of nitrogens with zero attached hydrogens (tertiary/aromatic N) is 1. The van der Waals surface area contributed by atoms with E-state index >= 15 is 0 Å². The molecule has 0 bridgehead atoms. The minimum atomic E-state index is -4.47. The fraction of sp³-hybridized carbons (Fsp3) is 0.636. The average molecular weight is 424 g/mol. The molecule has 1 saturated carbocycles. The van der Waals surface area contributed by atoms with E-state index in [1.807, 2.05) is 0 Å². The quantitative estimate of drug-likeness (QED) is 0.709. The minimum Gasteiger partial charge on any atom is -0.446 e. The van der Waals surface area contributed by atoms with Crippen molar-refractivity contribution in [3.63, 3.8) is 0 Å². The van der Waals surface area contributed by atoms with Crippen molar-refractivity contribution in [2.75, 3.05) is 11.9 Å². The van der Waals surface area contributed by atoms with Gasteiger partial charge in [0.25, 0.3) is 0 Å². The Bertz CT molecular complexity index is 828. The highest BCUT2D eigenvalue weighted by Gasteiger charge is 2.55. The Hall–Kier alpha value is -2.25. The van der Waals surface area contributed by atoms with Gasteiger partial charge in [0.2, 0.25) is 5.91 Å². The van der Waals surface area contributed by atoms with Gasteiger partial charge in [0, 0.05) is 24.2 Å². The number of ether oxygens (including phenoxy) is 1. The first-order valence-corrected chi connectivity index (χ1v) is 10.7. The third kappa shape index (κ3) is 3.76. The molecule has 4 rings (SSSR count). The van der Waals surface area contributed by atoms with Crippen LogP contribution in [0.25, 0.3) is 0 Å². The summed E-state index contributed by atoms with van der Waals surface area (Å²) in [5, 5.41) is 2.43. The molecule has 1 aromatic rings. The van der Waals surface area contributed by atoms with Crippen LogP contribution < -0.4 is 5.32 Å². The maximum atomic E-state index is 12.9. The summed E-state index contributed by atoms with van der Waals surface area (Å²) in [6.07, 6.45) is 0.273. The number of hydrogen-bond donors (Lipinski definition) is 1. The molecule has 1 aliphatic carbocycles. The molecule has 2 heterocycles. The summed E-state index contributed by atoms with van der Waals surface area (Å²) in [5.41, 5.74) is -0.890. The molecule has 3 fully saturated rings. The number of halogens is 3. The second-order valence-electron chi connectivity index (χ2n) is 8.80. The van der Waals surface area contributed by atoms with E-state index in [-0.39, 0.29) is 35.1 Å². The van der Waals surface area contributed by atoms with Crippen LogP contribution in [-0.4, -0.2) is 35.1 Å². The Balaban J connectivity index is 1.44. The molecule has 2 saturated heterocycles. The Labute approximate surface area is 173 Å². The summed E-state index contributed by atoms with van der Waals surface area (Å²) in [6.45, 7) is 2.88. The predicted molar refractivity (Wildman–Crippen MR) is 105 cm³/mol. The Morgan fingerprint density at radius 2 is 2.03 bits per heavy atom. The fourth-order valence-corrected chi connectivity index (χ4v) is 5.87. The minimum absolute atomic E-state index is 0.0526. The summed E-state index contributed by atoms with van der Waals surface area (Å²) < 4.78 is 44.3. The molecule has 2 aliphatic heterocycles. The number of benzene rings is 1. The van der Waals surface area contributed by atoms with E-state index in [0.717, 1.165) is 50.8 Å². The van der Waals surface area contributed by atoms with Crippen LogP contribution in [0.5, 0.6) is 0 Å². The number of rotatable bonds is 2. The van der Waals surface area contributed by atoms with Gasteiger partial charge in [-0.15, -0.1) is 0 Å². The number of anilines is 1. The molecule has 0 radical (unpaired) electrons. The monoisotopic (exact) mass is 424 g/mol. The van der Waals surface area contributed by atoms with Crippen molar-refractivity contribution >= 4 is 17.7 Å². The predicted octanol–water partition coefficient (Wildman–Crippen LogP) is 5.21. The van der Waals surface area contributed by atoms with Gasteiger partial charge >= 0.3 is 12.3 Å². The molecule has 1 spiro atoms. The van der Waals surface area contributed by atoms with E-state index in [4.69, 9.17) is 4.74 Å². The maximum Gasteiger partial charge on any atom is 0.416 e. The van der Waals surface area contributed by atoms with Crippen LogP contribution in [0.3, 0.4) is 0 Å². The third-order valence-electron chi connectivity index (χ3n) is 7.20. The Morgan fingerprint density at radius 3 is 2.80 bits per heavy atom. The summed E-state index contributed by atoms with van der Waals surface area (Å²) in [4.78, 5) is 27.1. The molecule has 3 aliphatic rings. The standard InChI is InChI=1S/C22H27F3N2O3/c1-14-17-7-3-8-19(28)27-12-4-10-21(17,27)11-9-18(14)30-20(29)26-16-6-2-5-15(13-16)22(23,24)25/h2,5-6,13-14,17-18H,3-4,7-12H2,1H3,(H,26,29)/t14-,17+,18+,21-/m1/s1. The van der Waals surface area contributed by atoms with E-state index < -0.39 is 17.8 Å². The van der Waals surface area contributed by atoms with Crippen molar-refractivity contribution in [2.45, 2.75) is 69.7 Å². The van der Waals surface area contributed by atoms with Crippen molar-refractivity contribution in [3.05, 3.63) is 29.8 Å². The number of carbonyl (C=O) groups excluding carboxylic acids is 2. The van der Waals surface area contributed by atoms with Crippen molar-refractivity contribution < 1.29 is 27.5 Å². The highest BCUT2D eigenvalue weighted by atomic mass is 19.4.